The van der Waals surface area contributed by atoms with Crippen molar-refractivity contribution >= 4 is 17.4 Å². The summed E-state index contributed by atoms with van der Waals surface area (Å²) in [7, 11) is 0. The first kappa shape index (κ1) is 16.3. The van der Waals surface area contributed by atoms with Crippen molar-refractivity contribution < 1.29 is 4.92 Å². The summed E-state index contributed by atoms with van der Waals surface area (Å²) in [6, 6.07) is 17.1. The van der Waals surface area contributed by atoms with Gasteiger partial charge in [0.2, 0.25) is 0 Å². The Morgan fingerprint density at radius 2 is 1.82 bits per heavy atom. The molecule has 0 N–H and O–H groups in total. The Morgan fingerprint density at radius 3 is 2.36 bits per heavy atom. The van der Waals surface area contributed by atoms with Crippen LogP contribution < -0.4 is 0 Å². The lowest BCUT2D eigenvalue weighted by Gasteiger charge is -2.15. The van der Waals surface area contributed by atoms with E-state index in [2.05, 4.69) is 37.3 Å². The maximum atomic E-state index is 10.7. The zero-order valence-electron chi connectivity index (χ0n) is 12.7. The molecule has 0 radical (unpaired) electrons. The van der Waals surface area contributed by atoms with Gasteiger partial charge in [-0.05, 0) is 41.9 Å². The molecule has 114 valence electrons. The lowest BCUT2D eigenvalue weighted by atomic mass is 10.0. The van der Waals surface area contributed by atoms with E-state index in [9.17, 15) is 10.1 Å². The number of thioether (sulfide) groups is 1. The van der Waals surface area contributed by atoms with Gasteiger partial charge in [0, 0.05) is 17.0 Å². The Labute approximate surface area is 135 Å². The Morgan fingerprint density at radius 1 is 1.18 bits per heavy atom. The van der Waals surface area contributed by atoms with E-state index >= 15 is 0 Å². The van der Waals surface area contributed by atoms with Crippen molar-refractivity contribution in [2.45, 2.75) is 25.2 Å². The molecule has 3 nitrogen and oxygen atoms in total. The van der Waals surface area contributed by atoms with Gasteiger partial charge in [0.1, 0.15) is 0 Å². The Hall–Kier alpha value is -2.07. The van der Waals surface area contributed by atoms with E-state index in [4.69, 9.17) is 0 Å². The van der Waals surface area contributed by atoms with Crippen LogP contribution in [0.1, 0.15) is 19.4 Å². The predicted molar refractivity (Wildman–Crippen MR) is 92.0 cm³/mol. The van der Waals surface area contributed by atoms with Crippen molar-refractivity contribution in [3.8, 4) is 0 Å². The third kappa shape index (κ3) is 4.46. The second-order valence-corrected chi connectivity index (χ2v) is 6.28. The maximum absolute atomic E-state index is 10.7. The Balaban J connectivity index is 2.04. The molecule has 0 aromatic heterocycles. The summed E-state index contributed by atoms with van der Waals surface area (Å²) in [5.74, 6) is 0.410. The van der Waals surface area contributed by atoms with E-state index in [1.807, 2.05) is 25.1 Å². The van der Waals surface area contributed by atoms with Gasteiger partial charge in [0.25, 0.3) is 5.69 Å². The molecule has 0 aliphatic heterocycles. The quantitative estimate of drug-likeness (QED) is 0.403. The number of nitro benzene ring substituents is 1. The molecule has 2 aromatic rings. The maximum Gasteiger partial charge on any atom is 0.269 e. The van der Waals surface area contributed by atoms with E-state index in [1.54, 1.807) is 23.9 Å². The molecule has 0 aliphatic carbocycles. The molecule has 0 aliphatic rings. The molecule has 0 saturated heterocycles. The number of non-ortho nitro benzene ring substituents is 1. The molecule has 22 heavy (non-hydrogen) atoms. The van der Waals surface area contributed by atoms with Gasteiger partial charge in [0.15, 0.2) is 0 Å². The molecule has 0 fully saturated rings. The molecule has 1 atom stereocenters. The van der Waals surface area contributed by atoms with Crippen molar-refractivity contribution in [2.75, 3.05) is 0 Å². The van der Waals surface area contributed by atoms with Gasteiger partial charge in [-0.2, -0.15) is 0 Å². The fraction of sp³-hybridized carbons (Fsp3) is 0.222. The average molecular weight is 313 g/mol. The second-order valence-electron chi connectivity index (χ2n) is 5.13. The first-order valence-corrected chi connectivity index (χ1v) is 8.04. The molecule has 0 amide bonds. The topological polar surface area (TPSA) is 43.1 Å². The molecular weight excluding hydrogens is 294 g/mol. The summed E-state index contributed by atoms with van der Waals surface area (Å²) in [4.78, 5) is 12.6. The average Bonchev–Trinajstić information content (AvgIpc) is 2.53. The number of nitro groups is 1. The molecule has 2 rings (SSSR count). The molecule has 0 saturated carbocycles. The minimum absolute atomic E-state index is 0.128. The summed E-state index contributed by atoms with van der Waals surface area (Å²) >= 11 is 1.67. The largest absolute Gasteiger partial charge is 0.269 e. The standard InChI is InChI=1S/C18H19NO2S/c1-3-18(14(2)13-15-7-5-4-6-8-15)22-17-11-9-16(10-12-17)19(20)21/h3-12,14H,13H2,1-2H3/b18-3+/t14-/m1/s1. The van der Waals surface area contributed by atoms with E-state index < -0.39 is 0 Å². The van der Waals surface area contributed by atoms with Crippen molar-refractivity contribution in [1.29, 1.82) is 0 Å². The molecule has 2 aromatic carbocycles. The number of hydrogen-bond donors (Lipinski definition) is 0. The van der Waals surface area contributed by atoms with Crippen molar-refractivity contribution in [3.63, 3.8) is 0 Å². The summed E-state index contributed by atoms with van der Waals surface area (Å²) in [5.41, 5.74) is 1.45. The van der Waals surface area contributed by atoms with E-state index in [-0.39, 0.29) is 10.6 Å². The van der Waals surface area contributed by atoms with Crippen LogP contribution in [0.25, 0.3) is 0 Å². The monoisotopic (exact) mass is 313 g/mol. The molecular formula is C18H19NO2S. The summed E-state index contributed by atoms with van der Waals surface area (Å²) in [6.07, 6.45) is 3.11. The fourth-order valence-electron chi connectivity index (χ4n) is 2.28. The zero-order chi connectivity index (χ0) is 15.9. The summed E-state index contributed by atoms with van der Waals surface area (Å²) in [5, 5.41) is 10.7. The first-order chi connectivity index (χ1) is 10.6. The van der Waals surface area contributed by atoms with Gasteiger partial charge >= 0.3 is 0 Å². The molecule has 0 bridgehead atoms. The van der Waals surface area contributed by atoms with Crippen LogP contribution in [-0.2, 0) is 6.42 Å². The second kappa shape index (κ2) is 7.80. The fourth-order valence-corrected chi connectivity index (χ4v) is 3.23. The van der Waals surface area contributed by atoms with Gasteiger partial charge in [-0.1, -0.05) is 55.1 Å². The number of benzene rings is 2. The Bertz CT molecular complexity index is 651. The highest BCUT2D eigenvalue weighted by molar-refractivity contribution is 8.03. The highest BCUT2D eigenvalue weighted by atomic mass is 32.2. The smallest absolute Gasteiger partial charge is 0.258 e. The summed E-state index contributed by atoms with van der Waals surface area (Å²) < 4.78 is 0. The van der Waals surface area contributed by atoms with Crippen molar-refractivity contribution in [3.05, 3.63) is 81.3 Å². The Kier molecular flexibility index (Phi) is 5.78. The number of hydrogen-bond acceptors (Lipinski definition) is 3. The summed E-state index contributed by atoms with van der Waals surface area (Å²) in [6.45, 7) is 4.25. The van der Waals surface area contributed by atoms with Crippen LogP contribution in [-0.4, -0.2) is 4.92 Å². The van der Waals surface area contributed by atoms with Crippen LogP contribution in [0.15, 0.2) is 70.5 Å². The minimum Gasteiger partial charge on any atom is -0.258 e. The number of nitrogens with zero attached hydrogens (tertiary/aromatic N) is 1. The van der Waals surface area contributed by atoms with Crippen LogP contribution in [0.2, 0.25) is 0 Å². The van der Waals surface area contributed by atoms with Crippen molar-refractivity contribution in [2.24, 2.45) is 5.92 Å². The first-order valence-electron chi connectivity index (χ1n) is 7.22. The number of allylic oxidation sites excluding steroid dienone is 2. The molecule has 4 heteroatoms. The van der Waals surface area contributed by atoms with Crippen LogP contribution in [0, 0.1) is 16.0 Å². The van der Waals surface area contributed by atoms with Crippen LogP contribution in [0.5, 0.6) is 0 Å². The SMILES string of the molecule is C/C=C(/Sc1ccc([N+](=O)[O-])cc1)[C@H](C)Cc1ccccc1. The number of rotatable bonds is 6. The highest BCUT2D eigenvalue weighted by Gasteiger charge is 2.12. The third-order valence-corrected chi connectivity index (χ3v) is 4.82. The van der Waals surface area contributed by atoms with Gasteiger partial charge in [-0.25, -0.2) is 0 Å². The lowest BCUT2D eigenvalue weighted by molar-refractivity contribution is -0.384. The van der Waals surface area contributed by atoms with Gasteiger partial charge in [0.05, 0.1) is 4.92 Å². The third-order valence-electron chi connectivity index (χ3n) is 3.44. The lowest BCUT2D eigenvalue weighted by Crippen LogP contribution is -2.01. The van der Waals surface area contributed by atoms with Crippen LogP contribution in [0.4, 0.5) is 5.69 Å². The zero-order valence-corrected chi connectivity index (χ0v) is 13.5. The van der Waals surface area contributed by atoms with E-state index in [0.717, 1.165) is 11.3 Å². The molecule has 0 heterocycles. The van der Waals surface area contributed by atoms with Gasteiger partial charge in [-0.15, -0.1) is 0 Å². The van der Waals surface area contributed by atoms with Crippen LogP contribution >= 0.6 is 11.8 Å². The van der Waals surface area contributed by atoms with Gasteiger partial charge in [-0.3, -0.25) is 10.1 Å². The van der Waals surface area contributed by atoms with E-state index in [0.29, 0.717) is 5.92 Å². The predicted octanol–water partition coefficient (Wildman–Crippen LogP) is 5.47. The van der Waals surface area contributed by atoms with E-state index in [1.165, 1.54) is 10.5 Å². The molecule has 0 unspecified atom stereocenters. The normalized spacial score (nSPS) is 12.9. The molecule has 0 spiro atoms. The van der Waals surface area contributed by atoms with Gasteiger partial charge < -0.3 is 0 Å². The highest BCUT2D eigenvalue weighted by Crippen LogP contribution is 2.34. The minimum atomic E-state index is -0.372. The van der Waals surface area contributed by atoms with Crippen molar-refractivity contribution in [1.82, 2.24) is 0 Å². The van der Waals surface area contributed by atoms with Crippen LogP contribution in [0.3, 0.4) is 0 Å².